The van der Waals surface area contributed by atoms with Crippen LogP contribution in [0.1, 0.15) is 72.3 Å². The van der Waals surface area contributed by atoms with Crippen molar-refractivity contribution in [2.75, 3.05) is 71.2 Å². The molecule has 0 fully saturated rings. The summed E-state index contributed by atoms with van der Waals surface area (Å²) in [5.41, 5.74) is 4.61. The number of benzene rings is 3. The predicted octanol–water partition coefficient (Wildman–Crippen LogP) is 9.80. The van der Waals surface area contributed by atoms with Crippen LogP contribution in [0.25, 0.3) is 0 Å². The summed E-state index contributed by atoms with van der Waals surface area (Å²) in [5.74, 6) is 4.17. The number of carbonyl (C=O) groups excluding carboxylic acids is 3. The molecule has 8 rings (SSSR count). The third kappa shape index (κ3) is 15.9. The lowest BCUT2D eigenvalue weighted by molar-refractivity contribution is -0.121. The maximum absolute atomic E-state index is 14.5. The fourth-order valence-corrected chi connectivity index (χ4v) is 9.48. The molecule has 2 aromatic heterocycles. The zero-order valence-electron chi connectivity index (χ0n) is 43.7. The first-order valence-electron chi connectivity index (χ1n) is 24.2. The second kappa shape index (κ2) is 27.9. The molecular weight excluding hydrogens is 1070 g/mol. The fourth-order valence-electron chi connectivity index (χ4n) is 8.22. The van der Waals surface area contributed by atoms with Crippen molar-refractivity contribution in [2.24, 2.45) is 10.4 Å². The van der Waals surface area contributed by atoms with E-state index in [2.05, 4.69) is 67.7 Å². The Hall–Kier alpha value is -5.75. The average molecular weight is 1130 g/mol. The second-order valence-corrected chi connectivity index (χ2v) is 21.0. The number of hydrogen-bond acceptors (Lipinski definition) is 14. The normalized spacial score (nSPS) is 15.5. The second-order valence-electron chi connectivity index (χ2n) is 18.5. The van der Waals surface area contributed by atoms with Gasteiger partial charge in [-0.1, -0.05) is 80.2 Å². The Morgan fingerprint density at radius 3 is 2.43 bits per heavy atom. The molecule has 3 aliphatic heterocycles. The first-order valence-corrected chi connectivity index (χ1v) is 26.7. The molecule has 0 saturated heterocycles. The van der Waals surface area contributed by atoms with Crippen LogP contribution in [-0.2, 0) is 38.5 Å². The van der Waals surface area contributed by atoms with Crippen molar-refractivity contribution in [1.82, 2.24) is 23.9 Å². The van der Waals surface area contributed by atoms with Crippen LogP contribution in [0.4, 0.5) is 39.0 Å². The van der Waals surface area contributed by atoms with Gasteiger partial charge in [0.2, 0.25) is 27.9 Å². The molecule has 75 heavy (non-hydrogen) atoms. The van der Waals surface area contributed by atoms with E-state index >= 15 is 0 Å². The molecule has 5 aromatic rings. The number of hydrogen-bond donors (Lipinski definition) is 2. The molecule has 0 saturated carbocycles. The van der Waals surface area contributed by atoms with Gasteiger partial charge in [0.15, 0.2) is 17.3 Å². The fraction of sp³-hybridized carbons (Fsp3) is 0.462. The third-order valence-electron chi connectivity index (χ3n) is 11.4. The van der Waals surface area contributed by atoms with Crippen molar-refractivity contribution in [3.8, 4) is 23.8 Å². The van der Waals surface area contributed by atoms with E-state index in [1.54, 1.807) is 16.9 Å². The molecule has 3 aliphatic rings. The van der Waals surface area contributed by atoms with Crippen LogP contribution < -0.4 is 39.6 Å². The van der Waals surface area contributed by atoms with Crippen molar-refractivity contribution in [3.63, 3.8) is 0 Å². The number of amides is 3. The lowest BCUT2D eigenvalue weighted by Crippen LogP contribution is -2.47. The van der Waals surface area contributed by atoms with Crippen LogP contribution in [0, 0.1) is 30.5 Å². The number of methoxy groups -OCH3 is 1. The number of rotatable bonds is 13. The monoisotopic (exact) mass is 1130 g/mol. The number of ether oxygens (including phenoxy) is 3. The van der Waals surface area contributed by atoms with Crippen LogP contribution >= 0.6 is 57.9 Å². The minimum Gasteiger partial charge on any atom is -0.489 e. The number of anilines is 5. The maximum Gasteiger partial charge on any atom is 0.265 e. The molecule has 2 unspecified atom stereocenters. The van der Waals surface area contributed by atoms with Gasteiger partial charge >= 0.3 is 0 Å². The van der Waals surface area contributed by atoms with Gasteiger partial charge in [-0.05, 0) is 94.3 Å². The van der Waals surface area contributed by atoms with Crippen LogP contribution in [-0.4, -0.2) is 110 Å². The Labute approximate surface area is 462 Å². The lowest BCUT2D eigenvalue weighted by atomic mass is 9.92. The van der Waals surface area contributed by atoms with Crippen molar-refractivity contribution >= 4 is 110 Å². The number of terminal acetylenes is 1. The minimum absolute atomic E-state index is 0.0223. The summed E-state index contributed by atoms with van der Waals surface area (Å²) in [6.07, 6.45) is 7.09. The molecular formula is C52H64Cl4FN11O6S. The average Bonchev–Trinajstić information content (AvgIpc) is 3.87. The smallest absolute Gasteiger partial charge is 0.265 e. The Bertz CT molecular complexity index is 2900. The number of nitrogens with zero attached hydrogens (tertiary/aromatic N) is 9. The van der Waals surface area contributed by atoms with Gasteiger partial charge in [0.25, 0.3) is 11.8 Å². The molecule has 2 N–H and O–H groups in total. The molecule has 0 radical (unpaired) electrons. The Morgan fingerprint density at radius 1 is 1.05 bits per heavy atom. The van der Waals surface area contributed by atoms with Crippen LogP contribution in [0.3, 0.4) is 0 Å². The van der Waals surface area contributed by atoms with Crippen molar-refractivity contribution in [2.45, 2.75) is 105 Å². The summed E-state index contributed by atoms with van der Waals surface area (Å²) in [6.45, 7) is 20.7. The number of para-hydroxylation sites is 3. The van der Waals surface area contributed by atoms with E-state index < -0.39 is 10.7 Å². The predicted molar refractivity (Wildman–Crippen MR) is 298 cm³/mol. The highest BCUT2D eigenvalue weighted by Gasteiger charge is 2.33. The number of halogens is 5. The van der Waals surface area contributed by atoms with E-state index in [1.807, 2.05) is 82.5 Å². The lowest BCUT2D eigenvalue weighted by Gasteiger charge is -2.35. The van der Waals surface area contributed by atoms with Gasteiger partial charge in [-0.3, -0.25) is 19.3 Å². The summed E-state index contributed by atoms with van der Waals surface area (Å²) in [6, 6.07) is 16.3. The summed E-state index contributed by atoms with van der Waals surface area (Å²) >= 11 is 24.0. The van der Waals surface area contributed by atoms with Crippen LogP contribution in [0.5, 0.6) is 11.5 Å². The van der Waals surface area contributed by atoms with Crippen LogP contribution in [0.15, 0.2) is 59.6 Å². The topological polar surface area (TPSA) is 182 Å². The molecule has 23 heteroatoms. The number of nitrogens with one attached hydrogen (secondary N) is 2. The summed E-state index contributed by atoms with van der Waals surface area (Å²) in [7, 11) is 1.64. The molecule has 404 valence electrons. The molecule has 0 aliphatic carbocycles. The van der Waals surface area contributed by atoms with E-state index in [0.29, 0.717) is 47.1 Å². The highest BCUT2D eigenvalue weighted by atomic mass is 35.5. The standard InChI is InChI=1S/C18H17FN4O2S.C15H22ClNO2.C11H11Cl2NO2.C8H14ClN5/c1-4-5-22-13-7-12(11(19)6-14(13)25-9-16(22)24)20-17-23-10-18(2,3)8-15(23)21-26-17;1-5-13-8-6-7-11(2)15(13)17(14(18)9-16)12(3)10-19-4;1-7-6-16-9-5-3-2-4-8(9)14(7)11(15)10(12)13;1-4-10-7-12-6(9)13-8(14-7)11-5(2)3/h1,6-7H,5,8-10H2,2-3H3;6-8,12H,5,9-10H2,1-4H3;2-5,7,10H,6H2,1H3;5H,4H2,1-3H3,(H2,10,11,12,13,14). The quantitative estimate of drug-likeness (QED) is 0.0843. The first-order chi connectivity index (χ1) is 35.7. The Kier molecular flexibility index (Phi) is 22.3. The SMILES string of the molecule is C#CCN1C(=O)COc2cc(F)c(N=c3snc4n3CC(C)(C)C4)cc21.CC1COc2ccccc2N1C(=O)C(Cl)Cl.CCNc1nc(Cl)nc(NC(C)C)n1.CCc1cccc(C)c1N(C(=O)CCl)C(C)COC. The van der Waals surface area contributed by atoms with E-state index in [0.717, 1.165) is 54.3 Å². The molecule has 3 aromatic carbocycles. The number of carbonyl (C=O) groups is 3. The highest BCUT2D eigenvalue weighted by Crippen LogP contribution is 2.38. The van der Waals surface area contributed by atoms with Gasteiger partial charge in [0.1, 0.15) is 35.5 Å². The minimum atomic E-state index is -1.05. The van der Waals surface area contributed by atoms with E-state index in [-0.39, 0.29) is 71.3 Å². The zero-order chi connectivity index (χ0) is 55.1. The zero-order valence-corrected chi connectivity index (χ0v) is 47.6. The Morgan fingerprint density at radius 2 is 1.77 bits per heavy atom. The highest BCUT2D eigenvalue weighted by molar-refractivity contribution is 7.02. The van der Waals surface area contributed by atoms with Gasteiger partial charge in [-0.15, -0.1) is 18.0 Å². The Balaban J connectivity index is 0.000000191. The molecule has 5 heterocycles. The van der Waals surface area contributed by atoms with Gasteiger partial charge in [0, 0.05) is 50.3 Å². The van der Waals surface area contributed by atoms with Gasteiger partial charge in [0.05, 0.1) is 42.3 Å². The van der Waals surface area contributed by atoms with E-state index in [4.69, 9.17) is 67.0 Å². The van der Waals surface area contributed by atoms with Gasteiger partial charge in [-0.2, -0.15) is 19.3 Å². The molecule has 17 nitrogen and oxygen atoms in total. The van der Waals surface area contributed by atoms with Crippen molar-refractivity contribution in [3.05, 3.63) is 87.5 Å². The van der Waals surface area contributed by atoms with Crippen LogP contribution in [0.2, 0.25) is 5.28 Å². The molecule has 0 spiro atoms. The third-order valence-corrected chi connectivity index (χ3v) is 13.0. The van der Waals surface area contributed by atoms with E-state index in [9.17, 15) is 18.8 Å². The van der Waals surface area contributed by atoms with E-state index in [1.165, 1.54) is 28.6 Å². The number of aromatic nitrogens is 5. The van der Waals surface area contributed by atoms with Gasteiger partial charge < -0.3 is 39.2 Å². The first kappa shape index (κ1) is 60.1. The molecule has 2 atom stereocenters. The van der Waals surface area contributed by atoms with Crippen molar-refractivity contribution < 1.29 is 33.0 Å². The van der Waals surface area contributed by atoms with Gasteiger partial charge in [-0.25, -0.2) is 9.38 Å². The maximum atomic E-state index is 14.5. The molecule has 3 amide bonds. The molecule has 0 bridgehead atoms. The summed E-state index contributed by atoms with van der Waals surface area (Å²) in [5, 5.41) is 6.23. The summed E-state index contributed by atoms with van der Waals surface area (Å²) < 4.78 is 37.0. The number of fused-ring (bicyclic) bond motifs is 3. The van der Waals surface area contributed by atoms with Crippen molar-refractivity contribution in [1.29, 1.82) is 0 Å². The largest absolute Gasteiger partial charge is 0.489 e. The summed E-state index contributed by atoms with van der Waals surface area (Å²) in [4.78, 5) is 56.9. The number of aryl methyl sites for hydroxylation is 2. The number of alkyl halides is 3.